The van der Waals surface area contributed by atoms with Crippen molar-refractivity contribution < 1.29 is 8.42 Å². The quantitative estimate of drug-likeness (QED) is 0.744. The summed E-state index contributed by atoms with van der Waals surface area (Å²) in [4.78, 5) is 11.9. The second-order valence-electron chi connectivity index (χ2n) is 5.42. The number of benzene rings is 2. The lowest BCUT2D eigenvalue weighted by Crippen LogP contribution is -2.18. The SMILES string of the molecule is O=c1ccccn1Cc1ccc(NS(=O)(=O)c2ccc(Cl)cc2)cc1. The van der Waals surface area contributed by atoms with E-state index in [0.29, 0.717) is 17.3 Å². The fraction of sp³-hybridized carbons (Fsp3) is 0.0556. The molecule has 0 aliphatic carbocycles. The fourth-order valence-corrected chi connectivity index (χ4v) is 3.48. The molecule has 7 heteroatoms. The van der Waals surface area contributed by atoms with Crippen LogP contribution in [0.3, 0.4) is 0 Å². The molecule has 25 heavy (non-hydrogen) atoms. The summed E-state index contributed by atoms with van der Waals surface area (Å²) in [5, 5.41) is 0.472. The zero-order valence-corrected chi connectivity index (χ0v) is 14.7. The van der Waals surface area contributed by atoms with Crippen LogP contribution < -0.4 is 10.3 Å². The molecule has 0 unspecified atom stereocenters. The van der Waals surface area contributed by atoms with Crippen LogP contribution in [0.15, 0.2) is 82.6 Å². The Bertz CT molecular complexity index is 1030. The molecular formula is C18H15ClN2O3S. The van der Waals surface area contributed by atoms with E-state index in [9.17, 15) is 13.2 Å². The smallest absolute Gasteiger partial charge is 0.261 e. The first-order chi connectivity index (χ1) is 11.9. The number of rotatable bonds is 5. The van der Waals surface area contributed by atoms with Gasteiger partial charge < -0.3 is 4.57 Å². The molecule has 0 saturated carbocycles. The maximum atomic E-state index is 12.3. The molecule has 128 valence electrons. The largest absolute Gasteiger partial charge is 0.311 e. The third-order valence-corrected chi connectivity index (χ3v) is 5.23. The molecule has 0 radical (unpaired) electrons. The van der Waals surface area contributed by atoms with Gasteiger partial charge in [-0.25, -0.2) is 8.42 Å². The van der Waals surface area contributed by atoms with Crippen molar-refractivity contribution in [3.63, 3.8) is 0 Å². The first-order valence-electron chi connectivity index (χ1n) is 7.47. The van der Waals surface area contributed by atoms with E-state index in [1.54, 1.807) is 47.2 Å². The van der Waals surface area contributed by atoms with Gasteiger partial charge in [0, 0.05) is 23.0 Å². The van der Waals surface area contributed by atoms with E-state index in [4.69, 9.17) is 11.6 Å². The van der Waals surface area contributed by atoms with Crippen LogP contribution in [-0.2, 0) is 16.6 Å². The Hall–Kier alpha value is -2.57. The van der Waals surface area contributed by atoms with Crippen LogP contribution in [-0.4, -0.2) is 13.0 Å². The summed E-state index contributed by atoms with van der Waals surface area (Å²) >= 11 is 5.78. The second kappa shape index (κ2) is 7.13. The Morgan fingerprint density at radius 1 is 0.920 bits per heavy atom. The first kappa shape index (κ1) is 17.3. The van der Waals surface area contributed by atoms with Gasteiger partial charge in [0.2, 0.25) is 0 Å². The molecule has 1 N–H and O–H groups in total. The summed E-state index contributed by atoms with van der Waals surface area (Å²) in [6.07, 6.45) is 1.71. The van der Waals surface area contributed by atoms with Crippen LogP contribution in [0.4, 0.5) is 5.69 Å². The minimum atomic E-state index is -3.67. The van der Waals surface area contributed by atoms with Crippen molar-refractivity contribution in [1.29, 1.82) is 0 Å². The van der Waals surface area contributed by atoms with Crippen molar-refractivity contribution in [1.82, 2.24) is 4.57 Å². The number of aromatic nitrogens is 1. The number of sulfonamides is 1. The highest BCUT2D eigenvalue weighted by Crippen LogP contribution is 2.18. The average Bonchev–Trinajstić information content (AvgIpc) is 2.59. The van der Waals surface area contributed by atoms with Gasteiger partial charge in [0.1, 0.15) is 0 Å². The van der Waals surface area contributed by atoms with Gasteiger partial charge >= 0.3 is 0 Å². The lowest BCUT2D eigenvalue weighted by Gasteiger charge is -2.10. The van der Waals surface area contributed by atoms with Gasteiger partial charge in [0.05, 0.1) is 11.4 Å². The molecule has 0 bridgehead atoms. The number of hydrogen-bond acceptors (Lipinski definition) is 3. The summed E-state index contributed by atoms with van der Waals surface area (Å²) in [5.74, 6) is 0. The summed E-state index contributed by atoms with van der Waals surface area (Å²) in [6.45, 7) is 0.421. The molecule has 0 atom stereocenters. The topological polar surface area (TPSA) is 68.2 Å². The van der Waals surface area contributed by atoms with Crippen LogP contribution in [0.25, 0.3) is 0 Å². The van der Waals surface area contributed by atoms with Crippen LogP contribution >= 0.6 is 11.6 Å². The molecule has 0 saturated heterocycles. The zero-order valence-electron chi connectivity index (χ0n) is 13.1. The summed E-state index contributed by atoms with van der Waals surface area (Å²) in [6, 6.07) is 17.8. The molecule has 1 aromatic heterocycles. The van der Waals surface area contributed by atoms with Crippen molar-refractivity contribution >= 4 is 27.3 Å². The Balaban J connectivity index is 1.75. The predicted molar refractivity (Wildman–Crippen MR) is 98.5 cm³/mol. The number of anilines is 1. The molecule has 2 aromatic carbocycles. The van der Waals surface area contributed by atoms with E-state index >= 15 is 0 Å². The van der Waals surface area contributed by atoms with E-state index in [0.717, 1.165) is 5.56 Å². The minimum Gasteiger partial charge on any atom is -0.311 e. The van der Waals surface area contributed by atoms with Gasteiger partial charge in [-0.05, 0) is 48.0 Å². The van der Waals surface area contributed by atoms with Gasteiger partial charge in [0.25, 0.3) is 15.6 Å². The van der Waals surface area contributed by atoms with Gasteiger partial charge in [-0.2, -0.15) is 0 Å². The Kier molecular flexibility index (Phi) is 4.92. The maximum Gasteiger partial charge on any atom is 0.261 e. The molecule has 0 aliphatic rings. The third-order valence-electron chi connectivity index (χ3n) is 3.58. The standard InChI is InChI=1S/C18H15ClN2O3S/c19-15-6-10-17(11-7-15)25(23,24)20-16-8-4-14(5-9-16)13-21-12-2-1-3-18(21)22/h1-12,20H,13H2. The number of hydrogen-bond donors (Lipinski definition) is 1. The lowest BCUT2D eigenvalue weighted by molar-refractivity contribution is 0.601. The molecule has 0 amide bonds. The van der Waals surface area contributed by atoms with Crippen molar-refractivity contribution in [2.45, 2.75) is 11.4 Å². The average molecular weight is 375 g/mol. The number of nitrogens with zero attached hydrogens (tertiary/aromatic N) is 1. The van der Waals surface area contributed by atoms with E-state index in [2.05, 4.69) is 4.72 Å². The van der Waals surface area contributed by atoms with E-state index in [1.807, 2.05) is 0 Å². The highest BCUT2D eigenvalue weighted by molar-refractivity contribution is 7.92. The van der Waals surface area contributed by atoms with Gasteiger partial charge in [0.15, 0.2) is 0 Å². The molecule has 0 aliphatic heterocycles. The van der Waals surface area contributed by atoms with Crippen molar-refractivity contribution in [3.05, 3.63) is 93.9 Å². The summed E-state index contributed by atoms with van der Waals surface area (Å²) in [5.41, 5.74) is 1.25. The first-order valence-corrected chi connectivity index (χ1v) is 9.33. The highest BCUT2D eigenvalue weighted by atomic mass is 35.5. The monoisotopic (exact) mass is 374 g/mol. The van der Waals surface area contributed by atoms with E-state index < -0.39 is 10.0 Å². The fourth-order valence-electron chi connectivity index (χ4n) is 2.29. The van der Waals surface area contributed by atoms with E-state index in [1.165, 1.54) is 30.3 Å². The van der Waals surface area contributed by atoms with Crippen LogP contribution in [0.1, 0.15) is 5.56 Å². The van der Waals surface area contributed by atoms with Gasteiger partial charge in [-0.15, -0.1) is 0 Å². The maximum absolute atomic E-state index is 12.3. The van der Waals surface area contributed by atoms with Crippen LogP contribution in [0, 0.1) is 0 Å². The summed E-state index contributed by atoms with van der Waals surface area (Å²) in [7, 11) is -3.67. The Morgan fingerprint density at radius 2 is 1.60 bits per heavy atom. The van der Waals surface area contributed by atoms with Gasteiger partial charge in [-0.3, -0.25) is 9.52 Å². The molecule has 0 fully saturated rings. The van der Waals surface area contributed by atoms with Crippen molar-refractivity contribution in [3.8, 4) is 0 Å². The normalized spacial score (nSPS) is 11.2. The minimum absolute atomic E-state index is 0.0879. The Morgan fingerprint density at radius 3 is 2.24 bits per heavy atom. The molecule has 3 aromatic rings. The van der Waals surface area contributed by atoms with Gasteiger partial charge in [-0.1, -0.05) is 29.8 Å². The van der Waals surface area contributed by atoms with Crippen LogP contribution in [0.2, 0.25) is 5.02 Å². The molecule has 0 spiro atoms. The predicted octanol–water partition coefficient (Wildman–Crippen LogP) is 3.35. The van der Waals surface area contributed by atoms with Crippen molar-refractivity contribution in [2.24, 2.45) is 0 Å². The summed E-state index contributed by atoms with van der Waals surface area (Å²) < 4.78 is 28.8. The second-order valence-corrected chi connectivity index (χ2v) is 7.54. The Labute approximate surface area is 150 Å². The molecule has 3 rings (SSSR count). The molecule has 5 nitrogen and oxygen atoms in total. The zero-order chi connectivity index (χ0) is 17.9. The molecule has 1 heterocycles. The van der Waals surface area contributed by atoms with Crippen molar-refractivity contribution in [2.75, 3.05) is 4.72 Å². The number of pyridine rings is 1. The molecular weight excluding hydrogens is 360 g/mol. The third kappa shape index (κ3) is 4.29. The number of halogens is 1. The highest BCUT2D eigenvalue weighted by Gasteiger charge is 2.13. The van der Waals surface area contributed by atoms with Crippen LogP contribution in [0.5, 0.6) is 0 Å². The van der Waals surface area contributed by atoms with E-state index in [-0.39, 0.29) is 10.5 Å². The lowest BCUT2D eigenvalue weighted by atomic mass is 10.2. The number of nitrogens with one attached hydrogen (secondary N) is 1.